The van der Waals surface area contributed by atoms with Gasteiger partial charge in [0.1, 0.15) is 0 Å². The van der Waals surface area contributed by atoms with Crippen LogP contribution < -0.4 is 10.1 Å². The first-order valence-electron chi connectivity index (χ1n) is 3.51. The molecule has 12 heavy (non-hydrogen) atoms. The van der Waals surface area contributed by atoms with Gasteiger partial charge in [-0.05, 0) is 6.92 Å². The molecule has 0 bridgehead atoms. The van der Waals surface area contributed by atoms with Crippen LogP contribution in [0.3, 0.4) is 0 Å². The fourth-order valence-electron chi connectivity index (χ4n) is 0.677. The maximum atomic E-state index is 4.90. The van der Waals surface area contributed by atoms with E-state index in [0.29, 0.717) is 11.7 Å². The molecule has 1 N–H and O–H groups in total. The molecular formula is C8H11N3O. The summed E-state index contributed by atoms with van der Waals surface area (Å²) in [4.78, 5) is 7.96. The van der Waals surface area contributed by atoms with Crippen molar-refractivity contribution >= 4 is 5.95 Å². The van der Waals surface area contributed by atoms with Crippen LogP contribution in [0.15, 0.2) is 24.7 Å². The standard InChI is InChI=1S/C8H11N3O/c1-6(2)11-8-9-4-7(12-3)5-10-8/h4-5H,1H2,2-3H3,(H,9,10,11). The minimum absolute atomic E-state index is 0.531. The molecule has 4 heteroatoms. The Labute approximate surface area is 71.3 Å². The van der Waals surface area contributed by atoms with Crippen LogP contribution in [0.1, 0.15) is 6.92 Å². The molecule has 64 valence electrons. The Kier molecular flexibility index (Phi) is 2.63. The van der Waals surface area contributed by atoms with Gasteiger partial charge in [-0.2, -0.15) is 0 Å². The number of hydrogen-bond donors (Lipinski definition) is 1. The van der Waals surface area contributed by atoms with Crippen molar-refractivity contribution in [2.45, 2.75) is 6.92 Å². The highest BCUT2D eigenvalue weighted by Gasteiger charge is 1.95. The van der Waals surface area contributed by atoms with E-state index < -0.39 is 0 Å². The van der Waals surface area contributed by atoms with Crippen molar-refractivity contribution in [1.29, 1.82) is 0 Å². The van der Waals surface area contributed by atoms with Gasteiger partial charge in [0.05, 0.1) is 19.5 Å². The molecule has 0 aromatic carbocycles. The van der Waals surface area contributed by atoms with Crippen molar-refractivity contribution in [3.8, 4) is 5.75 Å². The summed E-state index contributed by atoms with van der Waals surface area (Å²) in [6.07, 6.45) is 3.19. The summed E-state index contributed by atoms with van der Waals surface area (Å²) in [5, 5.41) is 2.88. The third kappa shape index (κ3) is 2.23. The summed E-state index contributed by atoms with van der Waals surface area (Å²) in [6.45, 7) is 5.51. The van der Waals surface area contributed by atoms with Gasteiger partial charge in [0.25, 0.3) is 0 Å². The van der Waals surface area contributed by atoms with Gasteiger partial charge in [-0.1, -0.05) is 6.58 Å². The number of anilines is 1. The minimum Gasteiger partial charge on any atom is -0.494 e. The summed E-state index contributed by atoms with van der Waals surface area (Å²) in [7, 11) is 1.57. The second-order valence-corrected chi connectivity index (χ2v) is 2.35. The number of aromatic nitrogens is 2. The van der Waals surface area contributed by atoms with Crippen LogP contribution in [-0.2, 0) is 0 Å². The Morgan fingerprint density at radius 2 is 2.08 bits per heavy atom. The monoisotopic (exact) mass is 165 g/mol. The summed E-state index contributed by atoms with van der Waals surface area (Å²) in [5.74, 6) is 1.17. The Hall–Kier alpha value is -1.58. The van der Waals surface area contributed by atoms with Crippen molar-refractivity contribution < 1.29 is 4.74 Å². The van der Waals surface area contributed by atoms with Crippen LogP contribution in [0.2, 0.25) is 0 Å². The maximum Gasteiger partial charge on any atom is 0.227 e. The van der Waals surface area contributed by atoms with Gasteiger partial charge in [-0.3, -0.25) is 0 Å². The molecule has 1 aromatic rings. The molecule has 0 aliphatic rings. The Balaban J connectivity index is 2.71. The predicted octanol–water partition coefficient (Wildman–Crippen LogP) is 1.43. The van der Waals surface area contributed by atoms with E-state index in [0.717, 1.165) is 5.70 Å². The van der Waals surface area contributed by atoms with Crippen LogP contribution in [0.4, 0.5) is 5.95 Å². The molecule has 0 amide bonds. The van der Waals surface area contributed by atoms with Crippen molar-refractivity contribution in [3.05, 3.63) is 24.7 Å². The third-order valence-electron chi connectivity index (χ3n) is 1.19. The molecule has 0 unspecified atom stereocenters. The van der Waals surface area contributed by atoms with Crippen LogP contribution in [0, 0.1) is 0 Å². The lowest BCUT2D eigenvalue weighted by Gasteiger charge is -2.02. The van der Waals surface area contributed by atoms with Gasteiger partial charge in [-0.15, -0.1) is 0 Å². The number of hydrogen-bond acceptors (Lipinski definition) is 4. The molecule has 0 spiro atoms. The number of nitrogens with one attached hydrogen (secondary N) is 1. The first-order valence-corrected chi connectivity index (χ1v) is 3.51. The molecule has 0 saturated heterocycles. The number of methoxy groups -OCH3 is 1. The summed E-state index contributed by atoms with van der Waals surface area (Å²) < 4.78 is 4.90. The molecular weight excluding hydrogens is 154 g/mol. The van der Waals surface area contributed by atoms with E-state index >= 15 is 0 Å². The van der Waals surface area contributed by atoms with Crippen molar-refractivity contribution in [2.75, 3.05) is 12.4 Å². The molecule has 0 radical (unpaired) electrons. The first-order chi connectivity index (χ1) is 5.72. The van der Waals surface area contributed by atoms with E-state index in [1.807, 2.05) is 6.92 Å². The van der Waals surface area contributed by atoms with Gasteiger partial charge < -0.3 is 10.1 Å². The highest BCUT2D eigenvalue weighted by atomic mass is 16.5. The molecule has 0 atom stereocenters. The van der Waals surface area contributed by atoms with Crippen molar-refractivity contribution in [2.24, 2.45) is 0 Å². The third-order valence-corrected chi connectivity index (χ3v) is 1.19. The van der Waals surface area contributed by atoms with Gasteiger partial charge in [-0.25, -0.2) is 9.97 Å². The maximum absolute atomic E-state index is 4.90. The largest absolute Gasteiger partial charge is 0.494 e. The fourth-order valence-corrected chi connectivity index (χ4v) is 0.677. The molecule has 0 saturated carbocycles. The van der Waals surface area contributed by atoms with Crippen molar-refractivity contribution in [1.82, 2.24) is 9.97 Å². The van der Waals surface area contributed by atoms with E-state index in [2.05, 4.69) is 21.9 Å². The van der Waals surface area contributed by atoms with E-state index in [1.54, 1.807) is 19.5 Å². The Morgan fingerprint density at radius 1 is 1.50 bits per heavy atom. The quantitative estimate of drug-likeness (QED) is 0.736. The zero-order valence-corrected chi connectivity index (χ0v) is 7.16. The molecule has 4 nitrogen and oxygen atoms in total. The van der Waals surface area contributed by atoms with E-state index in [1.165, 1.54) is 0 Å². The zero-order valence-electron chi connectivity index (χ0n) is 7.16. The molecule has 1 heterocycles. The first kappa shape index (κ1) is 8.52. The van der Waals surface area contributed by atoms with Crippen molar-refractivity contribution in [3.63, 3.8) is 0 Å². The molecule has 1 rings (SSSR count). The zero-order chi connectivity index (χ0) is 8.97. The second-order valence-electron chi connectivity index (χ2n) is 2.35. The average Bonchev–Trinajstić information content (AvgIpc) is 2.05. The van der Waals surface area contributed by atoms with Gasteiger partial charge >= 0.3 is 0 Å². The van der Waals surface area contributed by atoms with E-state index in [4.69, 9.17) is 4.74 Å². The second kappa shape index (κ2) is 3.71. The molecule has 0 aliphatic carbocycles. The topological polar surface area (TPSA) is 47.0 Å². The Bertz CT molecular complexity index is 268. The lowest BCUT2D eigenvalue weighted by molar-refractivity contribution is 0.411. The summed E-state index contributed by atoms with van der Waals surface area (Å²) in [6, 6.07) is 0. The fraction of sp³-hybridized carbons (Fsp3) is 0.250. The highest BCUT2D eigenvalue weighted by Crippen LogP contribution is 2.07. The van der Waals surface area contributed by atoms with Gasteiger partial charge in [0, 0.05) is 5.70 Å². The number of nitrogens with zero attached hydrogens (tertiary/aromatic N) is 2. The highest BCUT2D eigenvalue weighted by molar-refractivity contribution is 5.32. The lowest BCUT2D eigenvalue weighted by Crippen LogP contribution is -1.99. The molecule has 1 aromatic heterocycles. The summed E-state index contributed by atoms with van der Waals surface area (Å²) in [5.41, 5.74) is 0.806. The van der Waals surface area contributed by atoms with Crippen LogP contribution >= 0.6 is 0 Å². The van der Waals surface area contributed by atoms with Crippen LogP contribution in [-0.4, -0.2) is 17.1 Å². The van der Waals surface area contributed by atoms with Gasteiger partial charge in [0.2, 0.25) is 5.95 Å². The average molecular weight is 165 g/mol. The summed E-state index contributed by atoms with van der Waals surface area (Å²) >= 11 is 0. The Morgan fingerprint density at radius 3 is 2.50 bits per heavy atom. The van der Waals surface area contributed by atoms with Crippen LogP contribution in [0.5, 0.6) is 5.75 Å². The van der Waals surface area contributed by atoms with Gasteiger partial charge in [0.15, 0.2) is 5.75 Å². The number of ether oxygens (including phenoxy) is 1. The smallest absolute Gasteiger partial charge is 0.227 e. The predicted molar refractivity (Wildman–Crippen MR) is 47.0 cm³/mol. The number of allylic oxidation sites excluding steroid dienone is 1. The minimum atomic E-state index is 0.531. The van der Waals surface area contributed by atoms with E-state index in [9.17, 15) is 0 Å². The van der Waals surface area contributed by atoms with Crippen LogP contribution in [0.25, 0.3) is 0 Å². The lowest BCUT2D eigenvalue weighted by atomic mass is 10.5. The normalized spacial score (nSPS) is 9.17. The molecule has 0 aliphatic heterocycles. The SMILES string of the molecule is C=C(C)Nc1ncc(OC)cn1. The number of rotatable bonds is 3. The van der Waals surface area contributed by atoms with E-state index in [-0.39, 0.29) is 0 Å². The molecule has 0 fully saturated rings.